The summed E-state index contributed by atoms with van der Waals surface area (Å²) in [4.78, 5) is 51.8. The van der Waals surface area contributed by atoms with Gasteiger partial charge in [-0.25, -0.2) is 9.59 Å². The Kier molecular flexibility index (Phi) is 6.99. The first-order chi connectivity index (χ1) is 16.4. The lowest BCUT2D eigenvalue weighted by atomic mass is 9.80. The van der Waals surface area contributed by atoms with E-state index in [1.807, 2.05) is 0 Å². The van der Waals surface area contributed by atoms with Gasteiger partial charge in [-0.2, -0.15) is 0 Å². The number of carbonyl (C=O) groups excluding carboxylic acids is 3. The molecule has 186 valence electrons. The molecule has 11 heteroatoms. The summed E-state index contributed by atoms with van der Waals surface area (Å²) in [5.74, 6) is -0.570. The van der Waals surface area contributed by atoms with Gasteiger partial charge < -0.3 is 25.0 Å². The number of nitro benzene ring substituents is 1. The Balaban J connectivity index is 2.27. The Bertz CT molecular complexity index is 1160. The van der Waals surface area contributed by atoms with Crippen molar-refractivity contribution in [3.05, 3.63) is 69.8 Å². The molecule has 1 unspecified atom stereocenters. The molecule has 35 heavy (non-hydrogen) atoms. The molecule has 3 amide bonds. The molecule has 1 aliphatic heterocycles. The van der Waals surface area contributed by atoms with E-state index >= 15 is 0 Å². The fourth-order valence-electron chi connectivity index (χ4n) is 4.07. The van der Waals surface area contributed by atoms with Gasteiger partial charge in [-0.3, -0.25) is 14.9 Å². The number of fused-ring (bicyclic) bond motifs is 1. The molecule has 1 aliphatic rings. The number of para-hydroxylation sites is 1. The van der Waals surface area contributed by atoms with Crippen LogP contribution >= 0.6 is 0 Å². The molecule has 0 saturated carbocycles. The molecule has 3 rings (SSSR count). The largest absolute Gasteiger partial charge is 0.450 e. The van der Waals surface area contributed by atoms with Crippen LogP contribution in [0.15, 0.2) is 48.5 Å². The number of amides is 3. The summed E-state index contributed by atoms with van der Waals surface area (Å²) < 4.78 is 10.5. The highest BCUT2D eigenvalue weighted by atomic mass is 16.6. The van der Waals surface area contributed by atoms with E-state index < -0.39 is 40.2 Å². The molecule has 0 fully saturated rings. The molecule has 0 aliphatic carbocycles. The number of nitro groups is 1. The van der Waals surface area contributed by atoms with Crippen molar-refractivity contribution in [1.82, 2.24) is 10.6 Å². The number of rotatable bonds is 6. The van der Waals surface area contributed by atoms with Crippen LogP contribution in [0.3, 0.4) is 0 Å². The second-order valence-corrected chi connectivity index (χ2v) is 8.97. The lowest BCUT2D eigenvalue weighted by Gasteiger charge is -2.37. The van der Waals surface area contributed by atoms with E-state index in [9.17, 15) is 24.5 Å². The van der Waals surface area contributed by atoms with Crippen LogP contribution in [0.25, 0.3) is 0 Å². The number of benzene rings is 2. The maximum atomic E-state index is 13.9. The van der Waals surface area contributed by atoms with E-state index in [0.717, 1.165) is 0 Å². The molecule has 2 aromatic carbocycles. The zero-order valence-corrected chi connectivity index (χ0v) is 20.2. The van der Waals surface area contributed by atoms with Crippen LogP contribution in [0.1, 0.15) is 44.9 Å². The standard InChI is InChI=1S/C24H28N4O7/c1-6-34-22(31)26-24(17-12-7-8-13-18(17)27(5)20(24)29)19(25-21(30)35-23(2,3)4)15-10-9-11-16(14-15)28(32)33/h7-14,19H,6H2,1-5H3,(H,25,30)(H,26,31)/t19-,24?/m0/s1. The van der Waals surface area contributed by atoms with Crippen molar-refractivity contribution >= 4 is 29.5 Å². The predicted molar refractivity (Wildman–Crippen MR) is 127 cm³/mol. The summed E-state index contributed by atoms with van der Waals surface area (Å²) in [6.07, 6.45) is -1.77. The molecule has 1 heterocycles. The number of nitrogens with one attached hydrogen (secondary N) is 2. The highest BCUT2D eigenvalue weighted by molar-refractivity contribution is 6.09. The van der Waals surface area contributed by atoms with Gasteiger partial charge in [0.15, 0.2) is 5.54 Å². The number of likely N-dealkylation sites (N-methyl/N-ethyl adjacent to an activating group) is 1. The summed E-state index contributed by atoms with van der Waals surface area (Å²) >= 11 is 0. The molecule has 0 saturated heterocycles. The van der Waals surface area contributed by atoms with Crippen molar-refractivity contribution in [2.24, 2.45) is 0 Å². The minimum atomic E-state index is -1.89. The first kappa shape index (κ1) is 25.5. The quantitative estimate of drug-likeness (QED) is 0.470. The second kappa shape index (κ2) is 9.61. The van der Waals surface area contributed by atoms with Crippen LogP contribution < -0.4 is 15.5 Å². The summed E-state index contributed by atoms with van der Waals surface area (Å²) in [5.41, 5.74) is -1.92. The molecular formula is C24H28N4O7. The van der Waals surface area contributed by atoms with Gasteiger partial charge in [-0.1, -0.05) is 30.3 Å². The highest BCUT2D eigenvalue weighted by Crippen LogP contribution is 2.47. The van der Waals surface area contributed by atoms with Gasteiger partial charge in [-0.05, 0) is 39.3 Å². The summed E-state index contributed by atoms with van der Waals surface area (Å²) in [5, 5.41) is 16.8. The monoisotopic (exact) mass is 484 g/mol. The number of hydrogen-bond acceptors (Lipinski definition) is 7. The average molecular weight is 485 g/mol. The van der Waals surface area contributed by atoms with Crippen LogP contribution in [-0.4, -0.2) is 42.3 Å². The van der Waals surface area contributed by atoms with E-state index in [1.165, 1.54) is 36.2 Å². The molecule has 0 aromatic heterocycles. The second-order valence-electron chi connectivity index (χ2n) is 8.97. The molecule has 2 atom stereocenters. The minimum Gasteiger partial charge on any atom is -0.450 e. The summed E-state index contributed by atoms with van der Waals surface area (Å²) in [6, 6.07) is 10.9. The van der Waals surface area contributed by atoms with Crippen LogP contribution in [0.2, 0.25) is 0 Å². The molecule has 0 bridgehead atoms. The Morgan fingerprint density at radius 3 is 2.46 bits per heavy atom. The SMILES string of the molecule is CCOC(=O)NC1([C@@H](NC(=O)OC(C)(C)C)c2cccc([N+](=O)[O-])c2)C(=O)N(C)c2ccccc21. The lowest BCUT2D eigenvalue weighted by Crippen LogP contribution is -2.60. The van der Waals surface area contributed by atoms with Crippen molar-refractivity contribution in [3.8, 4) is 0 Å². The van der Waals surface area contributed by atoms with Gasteiger partial charge in [0, 0.05) is 30.4 Å². The van der Waals surface area contributed by atoms with E-state index in [1.54, 1.807) is 52.0 Å². The Morgan fingerprint density at radius 1 is 1.14 bits per heavy atom. The Labute approximate surface area is 202 Å². The average Bonchev–Trinajstić information content (AvgIpc) is 2.99. The molecule has 11 nitrogen and oxygen atoms in total. The van der Waals surface area contributed by atoms with Crippen LogP contribution in [0.4, 0.5) is 21.0 Å². The predicted octanol–water partition coefficient (Wildman–Crippen LogP) is 3.78. The number of anilines is 1. The van der Waals surface area contributed by atoms with Crippen molar-refractivity contribution in [2.75, 3.05) is 18.6 Å². The number of ether oxygens (including phenoxy) is 2. The maximum Gasteiger partial charge on any atom is 0.408 e. The first-order valence-electron chi connectivity index (χ1n) is 11.0. The van der Waals surface area contributed by atoms with E-state index in [-0.39, 0.29) is 17.9 Å². The zero-order chi connectivity index (χ0) is 26.0. The van der Waals surface area contributed by atoms with Gasteiger partial charge >= 0.3 is 12.2 Å². The van der Waals surface area contributed by atoms with Gasteiger partial charge in [0.1, 0.15) is 5.60 Å². The number of nitrogens with zero attached hydrogens (tertiary/aromatic N) is 2. The van der Waals surface area contributed by atoms with E-state index in [2.05, 4.69) is 10.6 Å². The Morgan fingerprint density at radius 2 is 1.83 bits per heavy atom. The summed E-state index contributed by atoms with van der Waals surface area (Å²) in [7, 11) is 1.54. The molecule has 0 spiro atoms. The normalized spacial score (nSPS) is 17.9. The Hall–Kier alpha value is -4.15. The van der Waals surface area contributed by atoms with Gasteiger partial charge in [0.05, 0.1) is 17.6 Å². The van der Waals surface area contributed by atoms with Crippen molar-refractivity contribution in [3.63, 3.8) is 0 Å². The van der Waals surface area contributed by atoms with E-state index in [4.69, 9.17) is 9.47 Å². The van der Waals surface area contributed by atoms with Crippen LogP contribution in [0.5, 0.6) is 0 Å². The maximum absolute atomic E-state index is 13.9. The minimum absolute atomic E-state index is 0.0363. The third-order valence-electron chi connectivity index (χ3n) is 5.42. The lowest BCUT2D eigenvalue weighted by molar-refractivity contribution is -0.384. The topological polar surface area (TPSA) is 140 Å². The van der Waals surface area contributed by atoms with Crippen LogP contribution in [0, 0.1) is 10.1 Å². The van der Waals surface area contributed by atoms with Crippen LogP contribution in [-0.2, 0) is 19.8 Å². The number of alkyl carbamates (subject to hydrolysis) is 2. The zero-order valence-electron chi connectivity index (χ0n) is 20.2. The molecule has 2 N–H and O–H groups in total. The van der Waals surface area contributed by atoms with Crippen molar-refractivity contribution in [2.45, 2.75) is 44.9 Å². The molecule has 2 aromatic rings. The fraction of sp³-hybridized carbons (Fsp3) is 0.375. The first-order valence-corrected chi connectivity index (χ1v) is 11.0. The van der Waals surface area contributed by atoms with Gasteiger partial charge in [0.25, 0.3) is 11.6 Å². The van der Waals surface area contributed by atoms with Gasteiger partial charge in [-0.15, -0.1) is 0 Å². The molecular weight excluding hydrogens is 456 g/mol. The van der Waals surface area contributed by atoms with E-state index in [0.29, 0.717) is 11.3 Å². The smallest absolute Gasteiger partial charge is 0.408 e. The van der Waals surface area contributed by atoms with Crippen molar-refractivity contribution in [1.29, 1.82) is 0 Å². The van der Waals surface area contributed by atoms with Gasteiger partial charge in [0.2, 0.25) is 0 Å². The molecule has 0 radical (unpaired) electrons. The van der Waals surface area contributed by atoms with Crippen molar-refractivity contribution < 1.29 is 28.8 Å². The fourth-order valence-corrected chi connectivity index (χ4v) is 4.07. The number of carbonyl (C=O) groups is 3. The highest BCUT2D eigenvalue weighted by Gasteiger charge is 2.57. The third-order valence-corrected chi connectivity index (χ3v) is 5.42. The number of non-ortho nitro benzene ring substituents is 1. The third kappa shape index (κ3) is 5.03. The number of hydrogen-bond donors (Lipinski definition) is 2. The summed E-state index contributed by atoms with van der Waals surface area (Å²) in [6.45, 7) is 6.66.